The average molecular weight is 261 g/mol. The number of primary amides is 1. The molecule has 4 nitrogen and oxygen atoms in total. The van der Waals surface area contributed by atoms with Gasteiger partial charge in [0.15, 0.2) is 0 Å². The van der Waals surface area contributed by atoms with E-state index < -0.39 is 0 Å². The van der Waals surface area contributed by atoms with Crippen molar-refractivity contribution < 1.29 is 4.79 Å². The lowest BCUT2D eigenvalue weighted by atomic mass is 10.1. The summed E-state index contributed by atoms with van der Waals surface area (Å²) in [6.07, 6.45) is 2.66. The van der Waals surface area contributed by atoms with Gasteiger partial charge in [-0.25, -0.2) is 0 Å². The molecule has 0 aromatic heterocycles. The average Bonchev–Trinajstić information content (AvgIpc) is 2.93. The Kier molecular flexibility index (Phi) is 4.93. The highest BCUT2D eigenvalue weighted by Crippen LogP contribution is 2.11. The van der Waals surface area contributed by atoms with Crippen molar-refractivity contribution in [3.8, 4) is 0 Å². The van der Waals surface area contributed by atoms with Crippen molar-refractivity contribution in [3.63, 3.8) is 0 Å². The van der Waals surface area contributed by atoms with Crippen molar-refractivity contribution in [2.45, 2.75) is 32.4 Å². The molecule has 1 heterocycles. The van der Waals surface area contributed by atoms with Crippen LogP contribution in [-0.4, -0.2) is 36.5 Å². The van der Waals surface area contributed by atoms with Crippen LogP contribution in [0.1, 0.15) is 35.7 Å². The molecule has 1 atom stereocenters. The minimum atomic E-state index is -0.373. The Balaban J connectivity index is 1.74. The summed E-state index contributed by atoms with van der Waals surface area (Å²) in [5, 5.41) is 3.47. The van der Waals surface area contributed by atoms with E-state index in [1.807, 2.05) is 12.1 Å². The molecule has 104 valence electrons. The lowest BCUT2D eigenvalue weighted by Crippen LogP contribution is -2.38. The third-order valence-electron chi connectivity index (χ3n) is 3.77. The molecular weight excluding hydrogens is 238 g/mol. The van der Waals surface area contributed by atoms with E-state index in [1.54, 1.807) is 12.1 Å². The number of likely N-dealkylation sites (tertiary alicyclic amines) is 1. The highest BCUT2D eigenvalue weighted by atomic mass is 16.1. The molecule has 1 aromatic rings. The highest BCUT2D eigenvalue weighted by molar-refractivity contribution is 5.92. The summed E-state index contributed by atoms with van der Waals surface area (Å²) < 4.78 is 0. The molecule has 0 radical (unpaired) electrons. The van der Waals surface area contributed by atoms with Crippen molar-refractivity contribution in [2.75, 3.05) is 19.6 Å². The molecule has 4 heteroatoms. The van der Waals surface area contributed by atoms with E-state index in [9.17, 15) is 4.79 Å². The fourth-order valence-corrected chi connectivity index (χ4v) is 2.52. The molecule has 0 saturated carbocycles. The van der Waals surface area contributed by atoms with Gasteiger partial charge in [0.05, 0.1) is 0 Å². The van der Waals surface area contributed by atoms with Gasteiger partial charge in [-0.15, -0.1) is 0 Å². The van der Waals surface area contributed by atoms with Gasteiger partial charge in [0.25, 0.3) is 0 Å². The monoisotopic (exact) mass is 261 g/mol. The second-order valence-corrected chi connectivity index (χ2v) is 5.28. The lowest BCUT2D eigenvalue weighted by Gasteiger charge is -2.23. The number of nitrogens with two attached hydrogens (primary N) is 1. The first-order chi connectivity index (χ1) is 9.16. The zero-order valence-electron chi connectivity index (χ0n) is 11.6. The normalized spacial score (nSPS) is 17.5. The van der Waals surface area contributed by atoms with Gasteiger partial charge in [-0.05, 0) is 50.6 Å². The first-order valence-corrected chi connectivity index (χ1v) is 7.00. The summed E-state index contributed by atoms with van der Waals surface area (Å²) in [5.74, 6) is -0.373. The predicted octanol–water partition coefficient (Wildman–Crippen LogP) is 1.36. The zero-order chi connectivity index (χ0) is 13.7. The summed E-state index contributed by atoms with van der Waals surface area (Å²) in [5.41, 5.74) is 6.96. The number of hydrogen-bond donors (Lipinski definition) is 2. The van der Waals surface area contributed by atoms with Crippen molar-refractivity contribution in [3.05, 3.63) is 35.4 Å². The molecule has 1 fully saturated rings. The van der Waals surface area contributed by atoms with Crippen LogP contribution >= 0.6 is 0 Å². The number of carbonyl (C=O) groups excluding carboxylic acids is 1. The Morgan fingerprint density at radius 2 is 1.95 bits per heavy atom. The van der Waals surface area contributed by atoms with E-state index in [4.69, 9.17) is 5.73 Å². The van der Waals surface area contributed by atoms with Gasteiger partial charge in [-0.2, -0.15) is 0 Å². The van der Waals surface area contributed by atoms with Crippen LogP contribution in [0.25, 0.3) is 0 Å². The zero-order valence-corrected chi connectivity index (χ0v) is 11.6. The quantitative estimate of drug-likeness (QED) is 0.813. The Morgan fingerprint density at radius 3 is 2.53 bits per heavy atom. The van der Waals surface area contributed by atoms with Gasteiger partial charge in [0, 0.05) is 24.7 Å². The van der Waals surface area contributed by atoms with E-state index in [0.29, 0.717) is 11.6 Å². The number of carbonyl (C=O) groups is 1. The van der Waals surface area contributed by atoms with Gasteiger partial charge >= 0.3 is 0 Å². The van der Waals surface area contributed by atoms with Crippen molar-refractivity contribution in [1.29, 1.82) is 0 Å². The second-order valence-electron chi connectivity index (χ2n) is 5.28. The number of nitrogens with zero attached hydrogens (tertiary/aromatic N) is 1. The van der Waals surface area contributed by atoms with Crippen molar-refractivity contribution in [1.82, 2.24) is 10.2 Å². The minimum Gasteiger partial charge on any atom is -0.366 e. The molecule has 19 heavy (non-hydrogen) atoms. The Hall–Kier alpha value is -1.39. The van der Waals surface area contributed by atoms with E-state index in [2.05, 4.69) is 17.1 Å². The number of hydrogen-bond acceptors (Lipinski definition) is 3. The first-order valence-electron chi connectivity index (χ1n) is 7.00. The second kappa shape index (κ2) is 6.68. The predicted molar refractivity (Wildman–Crippen MR) is 76.9 cm³/mol. The van der Waals surface area contributed by atoms with Gasteiger partial charge in [-0.3, -0.25) is 9.69 Å². The third-order valence-corrected chi connectivity index (χ3v) is 3.77. The van der Waals surface area contributed by atoms with Crippen LogP contribution in [0.2, 0.25) is 0 Å². The van der Waals surface area contributed by atoms with Crippen LogP contribution in [0.5, 0.6) is 0 Å². The minimum absolute atomic E-state index is 0.373. The Morgan fingerprint density at radius 1 is 1.32 bits per heavy atom. The molecule has 0 spiro atoms. The van der Waals surface area contributed by atoms with Gasteiger partial charge in [-0.1, -0.05) is 12.1 Å². The summed E-state index contributed by atoms with van der Waals surface area (Å²) in [6, 6.07) is 8.06. The molecule has 1 unspecified atom stereocenters. The SMILES string of the molecule is CC(CNCc1ccc(C(N)=O)cc1)N1CCCC1. The van der Waals surface area contributed by atoms with Gasteiger partial charge in [0.1, 0.15) is 0 Å². The fourth-order valence-electron chi connectivity index (χ4n) is 2.52. The summed E-state index contributed by atoms with van der Waals surface area (Å²) >= 11 is 0. The molecule has 1 saturated heterocycles. The van der Waals surface area contributed by atoms with Crippen molar-refractivity contribution >= 4 is 5.91 Å². The molecule has 1 aromatic carbocycles. The van der Waals surface area contributed by atoms with E-state index in [-0.39, 0.29) is 5.91 Å². The van der Waals surface area contributed by atoms with Gasteiger partial charge < -0.3 is 11.1 Å². The Labute approximate surface area is 115 Å². The lowest BCUT2D eigenvalue weighted by molar-refractivity contribution is 0.100. The maximum Gasteiger partial charge on any atom is 0.248 e. The van der Waals surface area contributed by atoms with Crippen LogP contribution in [0.15, 0.2) is 24.3 Å². The molecule has 1 amide bonds. The van der Waals surface area contributed by atoms with Crippen LogP contribution in [0.4, 0.5) is 0 Å². The highest BCUT2D eigenvalue weighted by Gasteiger charge is 2.17. The molecule has 0 aliphatic carbocycles. The first kappa shape index (κ1) is 14.0. The van der Waals surface area contributed by atoms with Crippen LogP contribution < -0.4 is 11.1 Å². The fraction of sp³-hybridized carbons (Fsp3) is 0.533. The van der Waals surface area contributed by atoms with Gasteiger partial charge in [0.2, 0.25) is 5.91 Å². The number of nitrogens with one attached hydrogen (secondary N) is 1. The number of amides is 1. The molecular formula is C15H23N3O. The third kappa shape index (κ3) is 4.04. The largest absolute Gasteiger partial charge is 0.366 e. The van der Waals surface area contributed by atoms with E-state index in [1.165, 1.54) is 31.5 Å². The van der Waals surface area contributed by atoms with Crippen LogP contribution in [0.3, 0.4) is 0 Å². The summed E-state index contributed by atoms with van der Waals surface area (Å²) in [6.45, 7) is 6.57. The maximum atomic E-state index is 11.0. The number of benzene rings is 1. The van der Waals surface area contributed by atoms with Crippen LogP contribution in [0, 0.1) is 0 Å². The maximum absolute atomic E-state index is 11.0. The summed E-state index contributed by atoms with van der Waals surface area (Å²) in [7, 11) is 0. The molecule has 1 aliphatic rings. The smallest absolute Gasteiger partial charge is 0.248 e. The molecule has 2 rings (SSSR count). The van der Waals surface area contributed by atoms with Crippen LogP contribution in [-0.2, 0) is 6.54 Å². The van der Waals surface area contributed by atoms with E-state index in [0.717, 1.165) is 13.1 Å². The standard InChI is InChI=1S/C15H23N3O/c1-12(18-8-2-3-9-18)10-17-11-13-4-6-14(7-5-13)15(16)19/h4-7,12,17H,2-3,8-11H2,1H3,(H2,16,19). The number of rotatable bonds is 6. The molecule has 0 bridgehead atoms. The summed E-state index contributed by atoms with van der Waals surface area (Å²) in [4.78, 5) is 13.5. The Bertz CT molecular complexity index is 410. The van der Waals surface area contributed by atoms with Crippen molar-refractivity contribution in [2.24, 2.45) is 5.73 Å². The molecule has 1 aliphatic heterocycles. The topological polar surface area (TPSA) is 58.4 Å². The molecule has 3 N–H and O–H groups in total. The van der Waals surface area contributed by atoms with E-state index >= 15 is 0 Å².